The molecule has 0 radical (unpaired) electrons. The van der Waals surface area contributed by atoms with E-state index in [2.05, 4.69) is 60.7 Å². The zero-order chi connectivity index (χ0) is 17.3. The van der Waals surface area contributed by atoms with Gasteiger partial charge >= 0.3 is 0 Å². The topological polar surface area (TPSA) is 25.8 Å². The lowest BCUT2D eigenvalue weighted by Gasteiger charge is -2.22. The van der Waals surface area contributed by atoms with Gasteiger partial charge < -0.3 is 0 Å². The Balaban J connectivity index is 1.81. The summed E-state index contributed by atoms with van der Waals surface area (Å²) in [5.74, 6) is 0.792. The molecule has 0 unspecified atom stereocenters. The zero-order valence-corrected chi connectivity index (χ0v) is 14.4. The summed E-state index contributed by atoms with van der Waals surface area (Å²) in [6.45, 7) is 0. The highest BCUT2D eigenvalue weighted by Crippen LogP contribution is 2.38. The molecule has 0 saturated carbocycles. The first-order valence-electron chi connectivity index (χ1n) is 9.00. The van der Waals surface area contributed by atoms with Crippen LogP contribution in [0.15, 0.2) is 84.9 Å². The summed E-state index contributed by atoms with van der Waals surface area (Å²) in [5, 5.41) is 0. The van der Waals surface area contributed by atoms with Gasteiger partial charge in [0.15, 0.2) is 5.82 Å². The molecule has 3 aromatic carbocycles. The van der Waals surface area contributed by atoms with Crippen LogP contribution in [0.4, 0.5) is 0 Å². The highest BCUT2D eigenvalue weighted by molar-refractivity contribution is 5.79. The summed E-state index contributed by atoms with van der Waals surface area (Å²) >= 11 is 0. The number of aromatic nitrogens is 2. The maximum atomic E-state index is 5.00. The van der Waals surface area contributed by atoms with Crippen LogP contribution in [0.3, 0.4) is 0 Å². The van der Waals surface area contributed by atoms with Gasteiger partial charge in [-0.3, -0.25) is 0 Å². The number of rotatable bonds is 2. The van der Waals surface area contributed by atoms with Crippen LogP contribution in [-0.2, 0) is 12.8 Å². The van der Waals surface area contributed by atoms with E-state index in [0.29, 0.717) is 0 Å². The smallest absolute Gasteiger partial charge is 0.160 e. The van der Waals surface area contributed by atoms with Crippen LogP contribution < -0.4 is 0 Å². The maximum Gasteiger partial charge on any atom is 0.160 e. The minimum atomic E-state index is 0.792. The van der Waals surface area contributed by atoms with Gasteiger partial charge in [0.2, 0.25) is 0 Å². The van der Waals surface area contributed by atoms with Gasteiger partial charge in [-0.2, -0.15) is 0 Å². The van der Waals surface area contributed by atoms with Crippen molar-refractivity contribution in [2.45, 2.75) is 12.8 Å². The van der Waals surface area contributed by atoms with Crippen LogP contribution in [0.25, 0.3) is 33.9 Å². The van der Waals surface area contributed by atoms with Crippen LogP contribution in [-0.4, -0.2) is 9.97 Å². The van der Waals surface area contributed by atoms with Crippen molar-refractivity contribution in [2.75, 3.05) is 0 Å². The summed E-state index contributed by atoms with van der Waals surface area (Å²) < 4.78 is 0. The number of hydrogen-bond acceptors (Lipinski definition) is 2. The molecule has 4 aromatic rings. The number of benzene rings is 3. The monoisotopic (exact) mass is 334 g/mol. The summed E-state index contributed by atoms with van der Waals surface area (Å²) in [5.41, 5.74) is 8.22. The SMILES string of the molecule is c1ccc(-c2nc(-c3ccccc3)c3c(n2)-c2ccccc2CC3)cc1. The molecule has 2 heteroatoms. The predicted octanol–water partition coefficient (Wildman–Crippen LogP) is 5.58. The van der Waals surface area contributed by atoms with Crippen LogP contribution in [0.2, 0.25) is 0 Å². The van der Waals surface area contributed by atoms with Gasteiger partial charge in [-0.25, -0.2) is 9.97 Å². The summed E-state index contributed by atoms with van der Waals surface area (Å²) in [6, 6.07) is 29.3. The van der Waals surface area contributed by atoms with Gasteiger partial charge in [-0.05, 0) is 18.4 Å². The molecule has 1 aromatic heterocycles. The van der Waals surface area contributed by atoms with Gasteiger partial charge in [0, 0.05) is 22.3 Å². The fraction of sp³-hybridized carbons (Fsp3) is 0.0833. The van der Waals surface area contributed by atoms with E-state index >= 15 is 0 Å². The lowest BCUT2D eigenvalue weighted by molar-refractivity contribution is 0.916. The molecule has 0 saturated heterocycles. The van der Waals surface area contributed by atoms with E-state index in [4.69, 9.17) is 9.97 Å². The molecular formula is C24H18N2. The molecule has 1 heterocycles. The summed E-state index contributed by atoms with van der Waals surface area (Å²) in [7, 11) is 0. The fourth-order valence-electron chi connectivity index (χ4n) is 3.72. The molecule has 124 valence electrons. The average molecular weight is 334 g/mol. The molecule has 0 fully saturated rings. The van der Waals surface area contributed by atoms with Crippen molar-refractivity contribution in [3.63, 3.8) is 0 Å². The van der Waals surface area contributed by atoms with E-state index in [0.717, 1.165) is 41.2 Å². The van der Waals surface area contributed by atoms with Gasteiger partial charge in [-0.15, -0.1) is 0 Å². The van der Waals surface area contributed by atoms with Crippen molar-refractivity contribution in [3.05, 3.63) is 96.1 Å². The summed E-state index contributed by atoms with van der Waals surface area (Å²) in [4.78, 5) is 9.99. The molecule has 0 aliphatic heterocycles. The van der Waals surface area contributed by atoms with Crippen LogP contribution >= 0.6 is 0 Å². The first-order chi connectivity index (χ1) is 12.9. The van der Waals surface area contributed by atoms with E-state index in [1.54, 1.807) is 0 Å². The second-order valence-electron chi connectivity index (χ2n) is 6.61. The molecular weight excluding hydrogens is 316 g/mol. The molecule has 0 spiro atoms. The molecule has 0 N–H and O–H groups in total. The van der Waals surface area contributed by atoms with Crippen LogP contribution in [0.5, 0.6) is 0 Å². The lowest BCUT2D eigenvalue weighted by atomic mass is 9.87. The minimum Gasteiger partial charge on any atom is -0.228 e. The second-order valence-corrected chi connectivity index (χ2v) is 6.61. The van der Waals surface area contributed by atoms with Crippen molar-refractivity contribution >= 4 is 0 Å². The highest BCUT2D eigenvalue weighted by atomic mass is 14.9. The Bertz CT molecular complexity index is 1050. The van der Waals surface area contributed by atoms with Crippen molar-refractivity contribution in [2.24, 2.45) is 0 Å². The standard InChI is InChI=1S/C24H18N2/c1-3-10-18(11-4-1)22-21-16-15-17-9-7-8-14-20(17)23(21)26-24(25-22)19-12-5-2-6-13-19/h1-14H,15-16H2. The number of fused-ring (bicyclic) bond motifs is 3. The maximum absolute atomic E-state index is 5.00. The van der Waals surface area contributed by atoms with Crippen molar-refractivity contribution < 1.29 is 0 Å². The predicted molar refractivity (Wildman–Crippen MR) is 106 cm³/mol. The number of aryl methyl sites for hydroxylation is 1. The van der Waals surface area contributed by atoms with Crippen molar-refractivity contribution in [1.29, 1.82) is 0 Å². The average Bonchev–Trinajstić information content (AvgIpc) is 2.74. The Hall–Kier alpha value is -3.26. The molecule has 0 bridgehead atoms. The van der Waals surface area contributed by atoms with E-state index in [9.17, 15) is 0 Å². The van der Waals surface area contributed by atoms with Crippen molar-refractivity contribution in [1.82, 2.24) is 9.97 Å². The van der Waals surface area contributed by atoms with Gasteiger partial charge in [0.05, 0.1) is 11.4 Å². The largest absolute Gasteiger partial charge is 0.228 e. The van der Waals surface area contributed by atoms with E-state index in [1.807, 2.05) is 24.3 Å². The Morgan fingerprint density at radius 1 is 0.538 bits per heavy atom. The third kappa shape index (κ3) is 2.51. The third-order valence-electron chi connectivity index (χ3n) is 5.00. The fourth-order valence-corrected chi connectivity index (χ4v) is 3.72. The lowest BCUT2D eigenvalue weighted by Crippen LogP contribution is -2.10. The third-order valence-corrected chi connectivity index (χ3v) is 5.00. The van der Waals surface area contributed by atoms with E-state index in [-0.39, 0.29) is 0 Å². The second kappa shape index (κ2) is 6.23. The highest BCUT2D eigenvalue weighted by Gasteiger charge is 2.23. The molecule has 26 heavy (non-hydrogen) atoms. The van der Waals surface area contributed by atoms with Gasteiger partial charge in [0.25, 0.3) is 0 Å². The minimum absolute atomic E-state index is 0.792. The van der Waals surface area contributed by atoms with E-state index in [1.165, 1.54) is 16.7 Å². The van der Waals surface area contributed by atoms with E-state index < -0.39 is 0 Å². The van der Waals surface area contributed by atoms with Gasteiger partial charge in [-0.1, -0.05) is 84.9 Å². The van der Waals surface area contributed by atoms with Crippen LogP contribution in [0.1, 0.15) is 11.1 Å². The number of hydrogen-bond donors (Lipinski definition) is 0. The molecule has 0 amide bonds. The van der Waals surface area contributed by atoms with Gasteiger partial charge in [0.1, 0.15) is 0 Å². The quantitative estimate of drug-likeness (QED) is 0.478. The first-order valence-corrected chi connectivity index (χ1v) is 9.00. The normalized spacial score (nSPS) is 12.3. The Morgan fingerprint density at radius 3 is 1.92 bits per heavy atom. The molecule has 5 rings (SSSR count). The van der Waals surface area contributed by atoms with Crippen LogP contribution in [0, 0.1) is 0 Å². The Kier molecular flexibility index (Phi) is 3.60. The number of nitrogens with zero attached hydrogens (tertiary/aromatic N) is 2. The summed E-state index contributed by atoms with van der Waals surface area (Å²) in [6.07, 6.45) is 2.02. The Labute approximate surface area is 153 Å². The molecule has 0 atom stereocenters. The molecule has 2 nitrogen and oxygen atoms in total. The molecule has 1 aliphatic carbocycles. The first kappa shape index (κ1) is 15.0. The van der Waals surface area contributed by atoms with Crippen molar-refractivity contribution in [3.8, 4) is 33.9 Å². The Morgan fingerprint density at radius 2 is 1.15 bits per heavy atom. The zero-order valence-electron chi connectivity index (χ0n) is 14.4. The molecule has 1 aliphatic rings.